The van der Waals surface area contributed by atoms with Gasteiger partial charge >= 0.3 is 0 Å². The highest BCUT2D eigenvalue weighted by Gasteiger charge is 2.29. The highest BCUT2D eigenvalue weighted by atomic mass is 19.1. The first kappa shape index (κ1) is 20.2. The SMILES string of the molecule is Cc1cc(C(=O)N2CCOCC2)c(C=C2C(=O)Nc3cccc(-c4cccc(F)c4)c32)[nH]1. The number of hydrogen-bond acceptors (Lipinski definition) is 3. The fraction of sp³-hybridized carbons (Fsp3) is 0.200. The van der Waals surface area contributed by atoms with Gasteiger partial charge in [0.25, 0.3) is 11.8 Å². The largest absolute Gasteiger partial charge is 0.378 e. The highest BCUT2D eigenvalue weighted by Crippen LogP contribution is 2.40. The number of anilines is 1. The van der Waals surface area contributed by atoms with Crippen molar-refractivity contribution < 1.29 is 18.7 Å². The Morgan fingerprint density at radius 2 is 1.91 bits per heavy atom. The van der Waals surface area contributed by atoms with Crippen LogP contribution >= 0.6 is 0 Å². The van der Waals surface area contributed by atoms with Crippen LogP contribution in [-0.4, -0.2) is 48.0 Å². The quantitative estimate of drug-likeness (QED) is 0.614. The van der Waals surface area contributed by atoms with Crippen LogP contribution < -0.4 is 5.32 Å². The van der Waals surface area contributed by atoms with Crippen molar-refractivity contribution in [2.45, 2.75) is 6.92 Å². The molecule has 3 heterocycles. The number of halogens is 1. The Labute approximate surface area is 184 Å². The van der Waals surface area contributed by atoms with E-state index in [4.69, 9.17) is 4.74 Å². The summed E-state index contributed by atoms with van der Waals surface area (Å²) >= 11 is 0. The number of H-pyrrole nitrogens is 1. The van der Waals surface area contributed by atoms with Crippen molar-refractivity contribution >= 4 is 29.2 Å². The number of aromatic amines is 1. The summed E-state index contributed by atoms with van der Waals surface area (Å²) in [5, 5.41) is 2.88. The van der Waals surface area contributed by atoms with Gasteiger partial charge in [-0.3, -0.25) is 9.59 Å². The molecule has 3 aromatic rings. The zero-order valence-corrected chi connectivity index (χ0v) is 17.6. The number of carbonyl (C=O) groups excluding carboxylic acids is 2. The number of aromatic nitrogens is 1. The van der Waals surface area contributed by atoms with Crippen molar-refractivity contribution in [2.75, 3.05) is 31.6 Å². The van der Waals surface area contributed by atoms with Gasteiger partial charge in [-0.25, -0.2) is 4.39 Å². The van der Waals surface area contributed by atoms with E-state index in [1.807, 2.05) is 31.2 Å². The topological polar surface area (TPSA) is 74.4 Å². The second kappa shape index (κ2) is 8.09. The molecular formula is C25H22FN3O3. The lowest BCUT2D eigenvalue weighted by atomic mass is 9.94. The Kier molecular flexibility index (Phi) is 5.11. The minimum absolute atomic E-state index is 0.0958. The standard InChI is InChI=1S/C25H22FN3O3/c1-15-12-19(25(31)29-8-10-32-11-9-29)22(27-15)14-20-23-18(16-4-2-5-17(26)13-16)6-3-7-21(23)28-24(20)30/h2-7,12-14,27H,8-11H2,1H3,(H,28,30). The number of nitrogens with zero attached hydrogens (tertiary/aromatic N) is 1. The smallest absolute Gasteiger partial charge is 0.256 e. The molecule has 2 N–H and O–H groups in total. The maximum atomic E-state index is 13.9. The van der Waals surface area contributed by atoms with Crippen LogP contribution in [0.25, 0.3) is 22.8 Å². The summed E-state index contributed by atoms with van der Waals surface area (Å²) in [4.78, 5) is 31.0. The number of ether oxygens (including phenoxy) is 1. The highest BCUT2D eigenvalue weighted by molar-refractivity contribution is 6.36. The molecule has 1 aromatic heterocycles. The molecule has 7 heteroatoms. The van der Waals surface area contributed by atoms with Crippen molar-refractivity contribution in [3.05, 3.63) is 76.9 Å². The molecule has 32 heavy (non-hydrogen) atoms. The molecule has 0 radical (unpaired) electrons. The van der Waals surface area contributed by atoms with Gasteiger partial charge in [0.2, 0.25) is 0 Å². The molecule has 6 nitrogen and oxygen atoms in total. The monoisotopic (exact) mass is 431 g/mol. The van der Waals surface area contributed by atoms with Gasteiger partial charge in [0, 0.05) is 30.0 Å². The second-order valence-electron chi connectivity index (χ2n) is 7.93. The lowest BCUT2D eigenvalue weighted by molar-refractivity contribution is -0.110. The van der Waals surface area contributed by atoms with Crippen molar-refractivity contribution in [1.29, 1.82) is 0 Å². The molecule has 1 fully saturated rings. The van der Waals surface area contributed by atoms with Crippen LogP contribution in [0.1, 0.15) is 27.3 Å². The molecule has 5 rings (SSSR count). The lowest BCUT2D eigenvalue weighted by Gasteiger charge is -2.26. The molecule has 0 spiro atoms. The maximum absolute atomic E-state index is 13.9. The normalized spacial score (nSPS) is 16.9. The van der Waals surface area contributed by atoms with Gasteiger partial charge in [0.1, 0.15) is 5.82 Å². The van der Waals surface area contributed by atoms with Crippen LogP contribution in [-0.2, 0) is 9.53 Å². The van der Waals surface area contributed by atoms with Crippen LogP contribution in [0.3, 0.4) is 0 Å². The number of rotatable bonds is 3. The summed E-state index contributed by atoms with van der Waals surface area (Å²) in [6.07, 6.45) is 1.71. The third-order valence-corrected chi connectivity index (χ3v) is 5.76. The van der Waals surface area contributed by atoms with Crippen molar-refractivity contribution in [1.82, 2.24) is 9.88 Å². The van der Waals surface area contributed by atoms with Gasteiger partial charge in [0.15, 0.2) is 0 Å². The molecule has 2 aliphatic heterocycles. The van der Waals surface area contributed by atoms with Crippen molar-refractivity contribution in [2.24, 2.45) is 0 Å². The molecule has 162 valence electrons. The molecule has 0 bridgehead atoms. The van der Waals surface area contributed by atoms with Gasteiger partial charge in [-0.15, -0.1) is 0 Å². The average Bonchev–Trinajstić information content (AvgIpc) is 3.33. The predicted molar refractivity (Wildman–Crippen MR) is 121 cm³/mol. The van der Waals surface area contributed by atoms with E-state index in [1.54, 1.807) is 23.1 Å². The number of carbonyl (C=O) groups is 2. The van der Waals surface area contributed by atoms with Crippen molar-refractivity contribution in [3.63, 3.8) is 0 Å². The van der Waals surface area contributed by atoms with Gasteiger partial charge in [-0.1, -0.05) is 24.3 Å². The Balaban J connectivity index is 1.60. The Morgan fingerprint density at radius 3 is 2.69 bits per heavy atom. The Hall–Kier alpha value is -3.71. The summed E-state index contributed by atoms with van der Waals surface area (Å²) in [6.45, 7) is 3.97. The minimum Gasteiger partial charge on any atom is -0.378 e. The van der Waals surface area contributed by atoms with E-state index in [1.165, 1.54) is 12.1 Å². The molecule has 2 aromatic carbocycles. The van der Waals surface area contributed by atoms with E-state index in [0.29, 0.717) is 59.9 Å². The number of fused-ring (bicyclic) bond motifs is 1. The molecule has 0 unspecified atom stereocenters. The van der Waals surface area contributed by atoms with Crippen molar-refractivity contribution in [3.8, 4) is 11.1 Å². The van der Waals surface area contributed by atoms with Crippen LogP contribution in [0, 0.1) is 12.7 Å². The zero-order chi connectivity index (χ0) is 22.2. The predicted octanol–water partition coefficient (Wildman–Crippen LogP) is 4.09. The molecule has 1 saturated heterocycles. The van der Waals surface area contributed by atoms with Gasteiger partial charge in [0.05, 0.1) is 30.0 Å². The number of amides is 2. The van der Waals surface area contributed by atoms with Crippen LogP contribution in [0.4, 0.5) is 10.1 Å². The average molecular weight is 431 g/mol. The number of benzene rings is 2. The van der Waals surface area contributed by atoms with E-state index in [0.717, 1.165) is 11.3 Å². The summed E-state index contributed by atoms with van der Waals surface area (Å²) in [5.41, 5.74) is 5.12. The summed E-state index contributed by atoms with van der Waals surface area (Å²) < 4.78 is 19.2. The molecule has 0 saturated carbocycles. The van der Waals surface area contributed by atoms with Gasteiger partial charge in [-0.2, -0.15) is 0 Å². The van der Waals surface area contributed by atoms with E-state index < -0.39 is 0 Å². The third-order valence-electron chi connectivity index (χ3n) is 5.76. The summed E-state index contributed by atoms with van der Waals surface area (Å²) in [5.74, 6) is -0.705. The minimum atomic E-state index is -0.346. The molecular weight excluding hydrogens is 409 g/mol. The van der Waals surface area contributed by atoms with Crippen LogP contribution in [0.5, 0.6) is 0 Å². The fourth-order valence-electron chi connectivity index (χ4n) is 4.27. The molecule has 2 amide bonds. The zero-order valence-electron chi connectivity index (χ0n) is 17.6. The van der Waals surface area contributed by atoms with E-state index >= 15 is 0 Å². The first-order valence-corrected chi connectivity index (χ1v) is 10.5. The Morgan fingerprint density at radius 1 is 1.12 bits per heavy atom. The number of aryl methyl sites for hydroxylation is 1. The molecule has 0 atom stereocenters. The molecule has 0 aliphatic carbocycles. The third kappa shape index (κ3) is 3.61. The van der Waals surface area contributed by atoms with Crippen LogP contribution in [0.2, 0.25) is 0 Å². The fourth-order valence-corrected chi connectivity index (χ4v) is 4.27. The number of nitrogens with one attached hydrogen (secondary N) is 2. The van der Waals surface area contributed by atoms with Gasteiger partial charge in [-0.05, 0) is 48.4 Å². The van der Waals surface area contributed by atoms with Crippen LogP contribution in [0.15, 0.2) is 48.5 Å². The molecule has 2 aliphatic rings. The second-order valence-corrected chi connectivity index (χ2v) is 7.93. The Bertz CT molecular complexity index is 1260. The van der Waals surface area contributed by atoms with E-state index in [-0.39, 0.29) is 17.6 Å². The van der Waals surface area contributed by atoms with Gasteiger partial charge < -0.3 is 19.9 Å². The summed E-state index contributed by atoms with van der Waals surface area (Å²) in [6, 6.07) is 13.6. The number of morpholine rings is 1. The summed E-state index contributed by atoms with van der Waals surface area (Å²) in [7, 11) is 0. The van der Waals surface area contributed by atoms with E-state index in [9.17, 15) is 14.0 Å². The maximum Gasteiger partial charge on any atom is 0.256 e. The van der Waals surface area contributed by atoms with E-state index in [2.05, 4.69) is 10.3 Å². The lowest BCUT2D eigenvalue weighted by Crippen LogP contribution is -2.40. The first-order valence-electron chi connectivity index (χ1n) is 10.5. The first-order chi connectivity index (χ1) is 15.5. The number of hydrogen-bond donors (Lipinski definition) is 2.